The van der Waals surface area contributed by atoms with Gasteiger partial charge >= 0.3 is 0 Å². The molecule has 0 bridgehead atoms. The smallest absolute Gasteiger partial charge is 0.248 e. The summed E-state index contributed by atoms with van der Waals surface area (Å²) in [7, 11) is 0. The van der Waals surface area contributed by atoms with Crippen molar-refractivity contribution in [1.82, 2.24) is 10.2 Å². The van der Waals surface area contributed by atoms with E-state index in [4.69, 9.17) is 4.74 Å². The van der Waals surface area contributed by atoms with Gasteiger partial charge in [0.15, 0.2) is 0 Å². The molecule has 0 spiro atoms. The number of rotatable bonds is 6. The van der Waals surface area contributed by atoms with Crippen LogP contribution in [0.1, 0.15) is 40.5 Å². The van der Waals surface area contributed by atoms with Gasteiger partial charge in [0.1, 0.15) is 11.6 Å². The first kappa shape index (κ1) is 15.0. The number of hydrogen-bond acceptors (Lipinski definition) is 3. The Kier molecular flexibility index (Phi) is 5.14. The van der Waals surface area contributed by atoms with E-state index in [0.717, 1.165) is 6.42 Å². The van der Waals surface area contributed by atoms with E-state index in [-0.39, 0.29) is 17.9 Å². The van der Waals surface area contributed by atoms with Crippen LogP contribution in [-0.2, 0) is 14.3 Å². The minimum atomic E-state index is -0.812. The Morgan fingerprint density at radius 2 is 1.94 bits per heavy atom. The average molecular weight is 256 g/mol. The van der Waals surface area contributed by atoms with Gasteiger partial charge in [-0.05, 0) is 26.7 Å². The highest BCUT2D eigenvalue weighted by Gasteiger charge is 2.44. The van der Waals surface area contributed by atoms with Gasteiger partial charge in [-0.1, -0.05) is 13.8 Å². The molecule has 0 saturated carbocycles. The fraction of sp³-hybridized carbons (Fsp3) is 0.846. The Morgan fingerprint density at radius 1 is 1.28 bits per heavy atom. The molecule has 5 heteroatoms. The van der Waals surface area contributed by atoms with E-state index in [9.17, 15) is 9.59 Å². The van der Waals surface area contributed by atoms with Crippen molar-refractivity contribution in [2.24, 2.45) is 0 Å². The lowest BCUT2D eigenvalue weighted by Crippen LogP contribution is -2.68. The predicted molar refractivity (Wildman–Crippen MR) is 69.1 cm³/mol. The highest BCUT2D eigenvalue weighted by Crippen LogP contribution is 2.19. The number of nitrogens with zero attached hydrogens (tertiary/aromatic N) is 1. The van der Waals surface area contributed by atoms with Crippen LogP contribution in [0, 0.1) is 0 Å². The second-order valence-corrected chi connectivity index (χ2v) is 5.15. The number of amides is 2. The van der Waals surface area contributed by atoms with Gasteiger partial charge in [-0.3, -0.25) is 9.59 Å². The van der Waals surface area contributed by atoms with Crippen LogP contribution in [0.3, 0.4) is 0 Å². The molecule has 1 fully saturated rings. The Morgan fingerprint density at radius 3 is 2.50 bits per heavy atom. The van der Waals surface area contributed by atoms with Crippen LogP contribution < -0.4 is 5.32 Å². The normalized spacial score (nSPS) is 23.1. The van der Waals surface area contributed by atoms with Gasteiger partial charge in [0.05, 0.1) is 6.61 Å². The molecular formula is C13H24N2O3. The van der Waals surface area contributed by atoms with Crippen LogP contribution in [-0.4, -0.2) is 48.1 Å². The molecule has 18 heavy (non-hydrogen) atoms. The fourth-order valence-corrected chi connectivity index (χ4v) is 2.16. The lowest BCUT2D eigenvalue weighted by Gasteiger charge is -2.42. The lowest BCUT2D eigenvalue weighted by atomic mass is 9.96. The number of piperazine rings is 1. The zero-order chi connectivity index (χ0) is 13.8. The molecular weight excluding hydrogens is 232 g/mol. The molecule has 1 saturated heterocycles. The quantitative estimate of drug-likeness (QED) is 0.719. The Bertz CT molecular complexity index is 315. The van der Waals surface area contributed by atoms with Gasteiger partial charge in [0.25, 0.3) is 0 Å². The summed E-state index contributed by atoms with van der Waals surface area (Å²) < 4.78 is 5.40. The minimum Gasteiger partial charge on any atom is -0.380 e. The predicted octanol–water partition coefficient (Wildman–Crippen LogP) is 0.929. The molecule has 0 radical (unpaired) electrons. The summed E-state index contributed by atoms with van der Waals surface area (Å²) in [6, 6.07) is -0.365. The molecule has 1 aliphatic heterocycles. The van der Waals surface area contributed by atoms with E-state index >= 15 is 0 Å². The van der Waals surface area contributed by atoms with E-state index < -0.39 is 5.54 Å². The molecule has 1 unspecified atom stereocenters. The SMILES string of the molecule is CCCOCCN1C(=O)C(C)(C)NC(=O)C1CC. The molecule has 1 heterocycles. The largest absolute Gasteiger partial charge is 0.380 e. The topological polar surface area (TPSA) is 58.6 Å². The van der Waals surface area contributed by atoms with E-state index in [1.807, 2.05) is 13.8 Å². The maximum absolute atomic E-state index is 12.3. The number of hydrogen-bond donors (Lipinski definition) is 1. The van der Waals surface area contributed by atoms with Crippen molar-refractivity contribution in [3.8, 4) is 0 Å². The second-order valence-electron chi connectivity index (χ2n) is 5.15. The summed E-state index contributed by atoms with van der Waals surface area (Å²) in [5.41, 5.74) is -0.812. The van der Waals surface area contributed by atoms with Crippen molar-refractivity contribution in [1.29, 1.82) is 0 Å². The third kappa shape index (κ3) is 3.22. The lowest BCUT2D eigenvalue weighted by molar-refractivity contribution is -0.154. The number of ether oxygens (including phenoxy) is 1. The van der Waals surface area contributed by atoms with Crippen LogP contribution in [0.5, 0.6) is 0 Å². The highest BCUT2D eigenvalue weighted by molar-refractivity contribution is 5.99. The summed E-state index contributed by atoms with van der Waals surface area (Å²) in [6.07, 6.45) is 1.58. The molecule has 1 N–H and O–H groups in total. The van der Waals surface area contributed by atoms with Crippen molar-refractivity contribution < 1.29 is 14.3 Å². The van der Waals surface area contributed by atoms with Crippen molar-refractivity contribution >= 4 is 11.8 Å². The van der Waals surface area contributed by atoms with Crippen molar-refractivity contribution in [3.63, 3.8) is 0 Å². The number of carbonyl (C=O) groups is 2. The molecule has 0 aromatic heterocycles. The van der Waals surface area contributed by atoms with Crippen LogP contribution in [0.4, 0.5) is 0 Å². The zero-order valence-electron chi connectivity index (χ0n) is 11.8. The van der Waals surface area contributed by atoms with Crippen LogP contribution in [0.2, 0.25) is 0 Å². The standard InChI is InChI=1S/C13H24N2O3/c1-5-8-18-9-7-15-10(6-2)11(16)14-13(3,4)12(15)17/h10H,5-9H2,1-4H3,(H,14,16). The Hall–Kier alpha value is -1.10. The summed E-state index contributed by atoms with van der Waals surface area (Å²) >= 11 is 0. The Labute approximate surface area is 109 Å². The summed E-state index contributed by atoms with van der Waals surface area (Å²) in [6.45, 7) is 9.08. The van der Waals surface area contributed by atoms with E-state index in [1.54, 1.807) is 18.7 Å². The van der Waals surface area contributed by atoms with Gasteiger partial charge in [0.2, 0.25) is 11.8 Å². The number of carbonyl (C=O) groups excluding carboxylic acids is 2. The maximum Gasteiger partial charge on any atom is 0.248 e. The highest BCUT2D eigenvalue weighted by atomic mass is 16.5. The third-order valence-electron chi connectivity index (χ3n) is 3.12. The molecule has 104 valence electrons. The first-order chi connectivity index (χ1) is 8.44. The molecule has 0 aromatic carbocycles. The molecule has 1 aliphatic rings. The van der Waals surface area contributed by atoms with E-state index in [0.29, 0.717) is 26.2 Å². The fourth-order valence-electron chi connectivity index (χ4n) is 2.16. The zero-order valence-corrected chi connectivity index (χ0v) is 11.8. The molecule has 0 aromatic rings. The first-order valence-electron chi connectivity index (χ1n) is 6.64. The third-order valence-corrected chi connectivity index (χ3v) is 3.12. The van der Waals surface area contributed by atoms with Crippen molar-refractivity contribution in [3.05, 3.63) is 0 Å². The average Bonchev–Trinajstić information content (AvgIpc) is 2.30. The monoisotopic (exact) mass is 256 g/mol. The summed E-state index contributed by atoms with van der Waals surface area (Å²) in [5.74, 6) is -0.105. The summed E-state index contributed by atoms with van der Waals surface area (Å²) in [5, 5.41) is 2.77. The first-order valence-corrected chi connectivity index (χ1v) is 6.64. The molecule has 0 aliphatic carbocycles. The molecule has 1 rings (SSSR count). The van der Waals surface area contributed by atoms with Gasteiger partial charge in [0, 0.05) is 13.2 Å². The van der Waals surface area contributed by atoms with E-state index in [2.05, 4.69) is 5.32 Å². The number of nitrogens with one attached hydrogen (secondary N) is 1. The van der Waals surface area contributed by atoms with Crippen molar-refractivity contribution in [2.75, 3.05) is 19.8 Å². The van der Waals surface area contributed by atoms with E-state index in [1.165, 1.54) is 0 Å². The van der Waals surface area contributed by atoms with Crippen LogP contribution in [0.15, 0.2) is 0 Å². The maximum atomic E-state index is 12.3. The van der Waals surface area contributed by atoms with Crippen molar-refractivity contribution in [2.45, 2.75) is 52.1 Å². The van der Waals surface area contributed by atoms with Gasteiger partial charge < -0.3 is 15.0 Å². The van der Waals surface area contributed by atoms with Crippen LogP contribution >= 0.6 is 0 Å². The minimum absolute atomic E-state index is 0.0333. The van der Waals surface area contributed by atoms with Gasteiger partial charge in [-0.15, -0.1) is 0 Å². The van der Waals surface area contributed by atoms with Gasteiger partial charge in [-0.25, -0.2) is 0 Å². The summed E-state index contributed by atoms with van der Waals surface area (Å²) in [4.78, 5) is 25.9. The molecule has 5 nitrogen and oxygen atoms in total. The Balaban J connectivity index is 2.68. The van der Waals surface area contributed by atoms with Gasteiger partial charge in [-0.2, -0.15) is 0 Å². The molecule has 2 amide bonds. The van der Waals surface area contributed by atoms with Crippen LogP contribution in [0.25, 0.3) is 0 Å². The second kappa shape index (κ2) is 6.18. The molecule has 1 atom stereocenters.